The Bertz CT molecular complexity index is 257. The molecule has 0 saturated carbocycles. The number of thiophene rings is 1. The van der Waals surface area contributed by atoms with Crippen LogP contribution in [-0.4, -0.2) is 16.0 Å². The van der Waals surface area contributed by atoms with Crippen molar-refractivity contribution in [2.24, 2.45) is 5.73 Å². The molecule has 0 aliphatic heterocycles. The average Bonchev–Trinajstić information content (AvgIpc) is 2.53. The van der Waals surface area contributed by atoms with Gasteiger partial charge in [0, 0.05) is 28.3 Å². The van der Waals surface area contributed by atoms with E-state index >= 15 is 0 Å². The van der Waals surface area contributed by atoms with Gasteiger partial charge in [0.25, 0.3) is 0 Å². The first-order valence-corrected chi connectivity index (χ1v) is 6.73. The van der Waals surface area contributed by atoms with Crippen LogP contribution in [0.15, 0.2) is 16.8 Å². The van der Waals surface area contributed by atoms with Gasteiger partial charge in [-0.2, -0.15) is 11.3 Å². The lowest BCUT2D eigenvalue weighted by molar-refractivity contribution is 0.667. The minimum Gasteiger partial charge on any atom is -0.328 e. The molecule has 1 heterocycles. The van der Waals surface area contributed by atoms with Gasteiger partial charge < -0.3 is 5.73 Å². The molecule has 2 N–H and O–H groups in total. The topological polar surface area (TPSA) is 43.1 Å². The van der Waals surface area contributed by atoms with E-state index in [0.29, 0.717) is 11.5 Å². The Morgan fingerprint density at radius 1 is 1.69 bits per heavy atom. The molecule has 0 aliphatic carbocycles. The van der Waals surface area contributed by atoms with Crippen LogP contribution in [0.3, 0.4) is 0 Å². The van der Waals surface area contributed by atoms with Crippen molar-refractivity contribution in [3.8, 4) is 0 Å². The molecule has 0 aromatic carbocycles. The van der Waals surface area contributed by atoms with Crippen molar-refractivity contribution in [3.05, 3.63) is 22.4 Å². The van der Waals surface area contributed by atoms with Gasteiger partial charge in [-0.25, -0.2) is 0 Å². The van der Waals surface area contributed by atoms with Crippen molar-refractivity contribution in [1.29, 1.82) is 0 Å². The van der Waals surface area contributed by atoms with Crippen LogP contribution < -0.4 is 5.73 Å². The first-order chi connectivity index (χ1) is 6.18. The fraction of sp³-hybridized carbons (Fsp3) is 0.556. The molecule has 1 aromatic heterocycles. The molecule has 13 heavy (non-hydrogen) atoms. The standard InChI is InChI=1S/C9H15NOS2/c1-8(10)3-5-13(11)7-9-2-4-12-6-9/h2,4,6,8H,3,5,7,10H2,1H3. The lowest BCUT2D eigenvalue weighted by Crippen LogP contribution is -2.18. The Labute approximate surface area is 85.6 Å². The summed E-state index contributed by atoms with van der Waals surface area (Å²) in [5.41, 5.74) is 6.76. The monoisotopic (exact) mass is 217 g/mol. The second-order valence-corrected chi connectivity index (χ2v) is 5.54. The van der Waals surface area contributed by atoms with Gasteiger partial charge in [-0.1, -0.05) is 0 Å². The van der Waals surface area contributed by atoms with Crippen molar-refractivity contribution in [2.75, 3.05) is 5.75 Å². The molecule has 0 saturated heterocycles. The van der Waals surface area contributed by atoms with Gasteiger partial charge in [-0.3, -0.25) is 4.21 Å². The predicted molar refractivity (Wildman–Crippen MR) is 59.3 cm³/mol. The molecule has 2 nitrogen and oxygen atoms in total. The molecule has 1 aromatic rings. The average molecular weight is 217 g/mol. The van der Waals surface area contributed by atoms with Crippen LogP contribution >= 0.6 is 11.3 Å². The summed E-state index contributed by atoms with van der Waals surface area (Å²) in [5, 5.41) is 4.06. The highest BCUT2D eigenvalue weighted by molar-refractivity contribution is 7.84. The summed E-state index contributed by atoms with van der Waals surface area (Å²) in [6.07, 6.45) is 0.844. The van der Waals surface area contributed by atoms with E-state index in [0.717, 1.165) is 6.42 Å². The number of hydrogen-bond acceptors (Lipinski definition) is 3. The van der Waals surface area contributed by atoms with Crippen LogP contribution in [0.5, 0.6) is 0 Å². The van der Waals surface area contributed by atoms with E-state index < -0.39 is 10.8 Å². The maximum absolute atomic E-state index is 11.5. The van der Waals surface area contributed by atoms with Gasteiger partial charge in [0.1, 0.15) is 0 Å². The summed E-state index contributed by atoms with van der Waals surface area (Å²) in [5.74, 6) is 1.39. The Hall–Kier alpha value is -0.190. The molecule has 0 radical (unpaired) electrons. The minimum absolute atomic E-state index is 0.159. The van der Waals surface area contributed by atoms with E-state index in [-0.39, 0.29) is 6.04 Å². The maximum atomic E-state index is 11.5. The molecule has 2 atom stereocenters. The highest BCUT2D eigenvalue weighted by Crippen LogP contribution is 2.09. The fourth-order valence-corrected chi connectivity index (χ4v) is 3.05. The summed E-state index contributed by atoms with van der Waals surface area (Å²) in [4.78, 5) is 0. The van der Waals surface area contributed by atoms with Crippen molar-refractivity contribution >= 4 is 22.1 Å². The molecule has 0 spiro atoms. The van der Waals surface area contributed by atoms with Crippen molar-refractivity contribution in [1.82, 2.24) is 0 Å². The molecule has 1 rings (SSSR count). The SMILES string of the molecule is CC(N)CCS(=O)Cc1ccsc1. The summed E-state index contributed by atoms with van der Waals surface area (Å²) < 4.78 is 11.5. The summed E-state index contributed by atoms with van der Waals surface area (Å²) in [6, 6.07) is 2.18. The van der Waals surface area contributed by atoms with Crippen LogP contribution in [0.4, 0.5) is 0 Å². The first-order valence-electron chi connectivity index (χ1n) is 4.30. The van der Waals surface area contributed by atoms with Crippen LogP contribution in [0.25, 0.3) is 0 Å². The molecule has 74 valence electrons. The molecular weight excluding hydrogens is 202 g/mol. The lowest BCUT2D eigenvalue weighted by atomic mass is 10.3. The highest BCUT2D eigenvalue weighted by Gasteiger charge is 2.03. The third-order valence-electron chi connectivity index (χ3n) is 1.71. The second-order valence-electron chi connectivity index (χ2n) is 3.19. The van der Waals surface area contributed by atoms with Crippen LogP contribution in [0.2, 0.25) is 0 Å². The van der Waals surface area contributed by atoms with E-state index in [1.807, 2.05) is 23.8 Å². The lowest BCUT2D eigenvalue weighted by Gasteiger charge is -2.03. The summed E-state index contributed by atoms with van der Waals surface area (Å²) in [6.45, 7) is 1.95. The van der Waals surface area contributed by atoms with E-state index in [4.69, 9.17) is 5.73 Å². The summed E-state index contributed by atoms with van der Waals surface area (Å²) in [7, 11) is -0.743. The number of nitrogens with two attached hydrogens (primary N) is 1. The molecular formula is C9H15NOS2. The normalized spacial score (nSPS) is 15.5. The third-order valence-corrected chi connectivity index (χ3v) is 3.79. The Balaban J connectivity index is 2.26. The second kappa shape index (κ2) is 5.52. The van der Waals surface area contributed by atoms with Crippen LogP contribution in [-0.2, 0) is 16.6 Å². The Morgan fingerprint density at radius 2 is 2.46 bits per heavy atom. The van der Waals surface area contributed by atoms with Crippen LogP contribution in [0.1, 0.15) is 18.9 Å². The molecule has 2 unspecified atom stereocenters. The van der Waals surface area contributed by atoms with Gasteiger partial charge in [0.15, 0.2) is 0 Å². The zero-order valence-electron chi connectivity index (χ0n) is 7.73. The van der Waals surface area contributed by atoms with E-state index in [1.165, 1.54) is 5.56 Å². The molecule has 0 bridgehead atoms. The zero-order chi connectivity index (χ0) is 9.68. The molecule has 0 fully saturated rings. The van der Waals surface area contributed by atoms with E-state index in [1.54, 1.807) is 11.3 Å². The molecule has 0 amide bonds. The fourth-order valence-electron chi connectivity index (χ4n) is 0.950. The van der Waals surface area contributed by atoms with E-state index in [9.17, 15) is 4.21 Å². The molecule has 4 heteroatoms. The quantitative estimate of drug-likeness (QED) is 0.816. The van der Waals surface area contributed by atoms with Crippen molar-refractivity contribution in [2.45, 2.75) is 25.1 Å². The Kier molecular flexibility index (Phi) is 4.62. The smallest absolute Gasteiger partial charge is 0.0493 e. The van der Waals surface area contributed by atoms with Gasteiger partial charge in [0.2, 0.25) is 0 Å². The minimum atomic E-state index is -0.743. The van der Waals surface area contributed by atoms with Gasteiger partial charge in [-0.05, 0) is 35.7 Å². The third kappa shape index (κ3) is 4.55. The molecule has 0 aliphatic rings. The first kappa shape index (κ1) is 10.9. The van der Waals surface area contributed by atoms with Crippen LogP contribution in [0, 0.1) is 0 Å². The van der Waals surface area contributed by atoms with E-state index in [2.05, 4.69) is 0 Å². The Morgan fingerprint density at radius 3 is 3.00 bits per heavy atom. The van der Waals surface area contributed by atoms with Gasteiger partial charge >= 0.3 is 0 Å². The highest BCUT2D eigenvalue weighted by atomic mass is 32.2. The van der Waals surface area contributed by atoms with Crippen molar-refractivity contribution < 1.29 is 4.21 Å². The maximum Gasteiger partial charge on any atom is 0.0493 e. The van der Waals surface area contributed by atoms with Gasteiger partial charge in [0.05, 0.1) is 0 Å². The summed E-state index contributed by atoms with van der Waals surface area (Å²) >= 11 is 1.65. The zero-order valence-corrected chi connectivity index (χ0v) is 9.37. The van der Waals surface area contributed by atoms with Gasteiger partial charge in [-0.15, -0.1) is 0 Å². The largest absolute Gasteiger partial charge is 0.328 e. The number of rotatable bonds is 5. The number of hydrogen-bond donors (Lipinski definition) is 1. The van der Waals surface area contributed by atoms with Crippen molar-refractivity contribution in [3.63, 3.8) is 0 Å². The predicted octanol–water partition coefficient (Wildman–Crippen LogP) is 1.73.